The Morgan fingerprint density at radius 2 is 1.69 bits per heavy atom. The average molecular weight is 338 g/mol. The largest absolute Gasteiger partial charge is 0.361 e. The second kappa shape index (κ2) is 6.06. The van der Waals surface area contributed by atoms with Gasteiger partial charge in [0, 0.05) is 34.9 Å². The van der Waals surface area contributed by atoms with Crippen molar-refractivity contribution in [2.24, 2.45) is 0 Å². The maximum atomic E-state index is 3.50. The van der Waals surface area contributed by atoms with Gasteiger partial charge in [-0.15, -0.1) is 0 Å². The van der Waals surface area contributed by atoms with Gasteiger partial charge in [0.15, 0.2) is 0 Å². The number of aromatic amines is 1. The van der Waals surface area contributed by atoms with Crippen LogP contribution in [-0.4, -0.2) is 11.5 Å². The Balaban J connectivity index is 1.73. The van der Waals surface area contributed by atoms with Crippen molar-refractivity contribution in [3.63, 3.8) is 0 Å². The van der Waals surface area contributed by atoms with Gasteiger partial charge in [-0.05, 0) is 48.2 Å². The first-order valence-corrected chi connectivity index (χ1v) is 9.28. The predicted octanol–water partition coefficient (Wildman–Crippen LogP) is 5.63. The van der Waals surface area contributed by atoms with Crippen molar-refractivity contribution >= 4 is 16.6 Å². The molecule has 2 heterocycles. The van der Waals surface area contributed by atoms with E-state index in [2.05, 4.69) is 95.8 Å². The maximum absolute atomic E-state index is 3.50. The molecule has 0 radical (unpaired) electrons. The fraction of sp³-hybridized carbons (Fsp3) is 0.167. The Labute approximate surface area is 154 Å². The molecular formula is C24H22N2. The highest BCUT2D eigenvalue weighted by atomic mass is 15.2. The Morgan fingerprint density at radius 1 is 0.885 bits per heavy atom. The number of fused-ring (bicyclic) bond motifs is 2. The number of para-hydroxylation sites is 1. The van der Waals surface area contributed by atoms with E-state index in [0.29, 0.717) is 0 Å². The molecule has 0 saturated carbocycles. The SMILES string of the molecule is Cc1ccc2c(C3c4ccccc4CCN3c3ccccc3)c[nH]c2c1. The minimum Gasteiger partial charge on any atom is -0.361 e. The summed E-state index contributed by atoms with van der Waals surface area (Å²) in [5.74, 6) is 0. The summed E-state index contributed by atoms with van der Waals surface area (Å²) in [6.07, 6.45) is 3.29. The molecular weight excluding hydrogens is 316 g/mol. The molecule has 1 unspecified atom stereocenters. The Morgan fingerprint density at radius 3 is 2.58 bits per heavy atom. The third-order valence-corrected chi connectivity index (χ3v) is 5.54. The normalized spacial score (nSPS) is 16.7. The molecule has 1 atom stereocenters. The van der Waals surface area contributed by atoms with E-state index < -0.39 is 0 Å². The molecule has 1 N–H and O–H groups in total. The number of aromatic nitrogens is 1. The Hall–Kier alpha value is -3.00. The summed E-state index contributed by atoms with van der Waals surface area (Å²) in [5.41, 5.74) is 8.03. The lowest BCUT2D eigenvalue weighted by atomic mass is 9.87. The number of H-pyrrole nitrogens is 1. The topological polar surface area (TPSA) is 19.0 Å². The van der Waals surface area contributed by atoms with Gasteiger partial charge in [0.1, 0.15) is 0 Å². The van der Waals surface area contributed by atoms with E-state index in [-0.39, 0.29) is 6.04 Å². The first kappa shape index (κ1) is 15.3. The highest BCUT2D eigenvalue weighted by Gasteiger charge is 2.30. The minimum atomic E-state index is 0.235. The zero-order valence-electron chi connectivity index (χ0n) is 14.9. The first-order chi connectivity index (χ1) is 12.8. The molecule has 0 bridgehead atoms. The van der Waals surface area contributed by atoms with Crippen LogP contribution in [0.4, 0.5) is 5.69 Å². The number of rotatable bonds is 2. The maximum Gasteiger partial charge on any atom is 0.0819 e. The molecule has 5 rings (SSSR count). The third kappa shape index (κ3) is 2.41. The Bertz CT molecular complexity index is 1060. The standard InChI is InChI=1S/C24H22N2/c1-17-11-12-21-22(16-25-23(21)15-17)24-20-10-6-5-7-18(20)13-14-26(24)19-8-3-2-4-9-19/h2-12,15-16,24-25H,13-14H2,1H3. The Kier molecular flexibility index (Phi) is 3.56. The molecule has 2 heteroatoms. The van der Waals surface area contributed by atoms with E-state index in [1.807, 2.05) is 0 Å². The van der Waals surface area contributed by atoms with Crippen LogP contribution < -0.4 is 4.90 Å². The molecule has 128 valence electrons. The van der Waals surface area contributed by atoms with Gasteiger partial charge in [0.2, 0.25) is 0 Å². The van der Waals surface area contributed by atoms with Crippen LogP contribution >= 0.6 is 0 Å². The van der Waals surface area contributed by atoms with Gasteiger partial charge in [-0.3, -0.25) is 0 Å². The fourth-order valence-corrected chi connectivity index (χ4v) is 4.29. The van der Waals surface area contributed by atoms with Gasteiger partial charge in [-0.1, -0.05) is 54.6 Å². The monoisotopic (exact) mass is 338 g/mol. The highest BCUT2D eigenvalue weighted by molar-refractivity contribution is 5.85. The van der Waals surface area contributed by atoms with Crippen molar-refractivity contribution in [3.8, 4) is 0 Å². The molecule has 0 aliphatic carbocycles. The van der Waals surface area contributed by atoms with Crippen LogP contribution in [0.5, 0.6) is 0 Å². The van der Waals surface area contributed by atoms with Crippen molar-refractivity contribution in [2.45, 2.75) is 19.4 Å². The molecule has 1 aliphatic heterocycles. The first-order valence-electron chi connectivity index (χ1n) is 9.28. The summed E-state index contributed by atoms with van der Waals surface area (Å²) >= 11 is 0. The molecule has 0 saturated heterocycles. The van der Waals surface area contributed by atoms with E-state index in [1.54, 1.807) is 0 Å². The zero-order valence-corrected chi connectivity index (χ0v) is 14.9. The van der Waals surface area contributed by atoms with E-state index in [4.69, 9.17) is 0 Å². The van der Waals surface area contributed by atoms with Gasteiger partial charge < -0.3 is 9.88 Å². The average Bonchev–Trinajstić information content (AvgIpc) is 3.10. The zero-order chi connectivity index (χ0) is 17.5. The number of nitrogens with one attached hydrogen (secondary N) is 1. The summed E-state index contributed by atoms with van der Waals surface area (Å²) in [7, 11) is 0. The van der Waals surface area contributed by atoms with Crippen LogP contribution in [0.3, 0.4) is 0 Å². The van der Waals surface area contributed by atoms with Crippen LogP contribution in [0.15, 0.2) is 79.0 Å². The quantitative estimate of drug-likeness (QED) is 0.502. The predicted molar refractivity (Wildman–Crippen MR) is 109 cm³/mol. The molecule has 0 fully saturated rings. The summed E-state index contributed by atoms with van der Waals surface area (Å²) in [4.78, 5) is 6.05. The van der Waals surface area contributed by atoms with Crippen molar-refractivity contribution in [1.29, 1.82) is 0 Å². The summed E-state index contributed by atoms with van der Waals surface area (Å²) in [5, 5.41) is 1.32. The molecule has 1 aromatic heterocycles. The van der Waals surface area contributed by atoms with Crippen LogP contribution in [0.2, 0.25) is 0 Å². The van der Waals surface area contributed by atoms with Crippen molar-refractivity contribution in [1.82, 2.24) is 4.98 Å². The second-order valence-electron chi connectivity index (χ2n) is 7.17. The van der Waals surface area contributed by atoms with Gasteiger partial charge >= 0.3 is 0 Å². The van der Waals surface area contributed by atoms with Crippen LogP contribution in [-0.2, 0) is 6.42 Å². The number of nitrogens with zero attached hydrogens (tertiary/aromatic N) is 1. The van der Waals surface area contributed by atoms with Gasteiger partial charge in [-0.2, -0.15) is 0 Å². The van der Waals surface area contributed by atoms with E-state index >= 15 is 0 Å². The van der Waals surface area contributed by atoms with E-state index in [0.717, 1.165) is 13.0 Å². The number of aryl methyl sites for hydroxylation is 1. The number of hydrogen-bond donors (Lipinski definition) is 1. The van der Waals surface area contributed by atoms with Gasteiger partial charge in [0.05, 0.1) is 6.04 Å². The fourth-order valence-electron chi connectivity index (χ4n) is 4.29. The number of anilines is 1. The van der Waals surface area contributed by atoms with Crippen molar-refractivity contribution < 1.29 is 0 Å². The molecule has 0 spiro atoms. The molecule has 0 amide bonds. The molecule has 26 heavy (non-hydrogen) atoms. The van der Waals surface area contributed by atoms with Gasteiger partial charge in [0.25, 0.3) is 0 Å². The smallest absolute Gasteiger partial charge is 0.0819 e. The molecule has 1 aliphatic rings. The molecule has 4 aromatic rings. The lowest BCUT2D eigenvalue weighted by molar-refractivity contribution is 0.656. The number of hydrogen-bond acceptors (Lipinski definition) is 1. The highest BCUT2D eigenvalue weighted by Crippen LogP contribution is 2.40. The molecule has 2 nitrogen and oxygen atoms in total. The van der Waals surface area contributed by atoms with E-state index in [1.165, 1.54) is 38.8 Å². The summed E-state index contributed by atoms with van der Waals surface area (Å²) in [6, 6.07) is 26.6. The van der Waals surface area contributed by atoms with Crippen LogP contribution in [0, 0.1) is 6.92 Å². The lowest BCUT2D eigenvalue weighted by Crippen LogP contribution is -2.36. The lowest BCUT2D eigenvalue weighted by Gasteiger charge is -2.39. The van der Waals surface area contributed by atoms with E-state index in [9.17, 15) is 0 Å². The second-order valence-corrected chi connectivity index (χ2v) is 7.17. The summed E-state index contributed by atoms with van der Waals surface area (Å²) in [6.45, 7) is 3.18. The van der Waals surface area contributed by atoms with Gasteiger partial charge in [-0.25, -0.2) is 0 Å². The number of benzene rings is 3. The summed E-state index contributed by atoms with van der Waals surface area (Å²) < 4.78 is 0. The third-order valence-electron chi connectivity index (χ3n) is 5.54. The minimum absolute atomic E-state index is 0.235. The van der Waals surface area contributed by atoms with Crippen molar-refractivity contribution in [3.05, 3.63) is 101 Å². The van der Waals surface area contributed by atoms with Crippen molar-refractivity contribution in [2.75, 3.05) is 11.4 Å². The molecule has 3 aromatic carbocycles. The van der Waals surface area contributed by atoms with Crippen LogP contribution in [0.1, 0.15) is 28.3 Å². The van der Waals surface area contributed by atoms with Crippen LogP contribution in [0.25, 0.3) is 10.9 Å².